The fourth-order valence-electron chi connectivity index (χ4n) is 3.82. The molecule has 4 rings (SSSR count). The first-order valence-electron chi connectivity index (χ1n) is 8.92. The minimum absolute atomic E-state index is 0.775. The molecule has 2 aliphatic heterocycles. The molecule has 2 aromatic carbocycles. The summed E-state index contributed by atoms with van der Waals surface area (Å²) < 4.78 is 0. The van der Waals surface area contributed by atoms with Gasteiger partial charge in [0.2, 0.25) is 0 Å². The number of benzene rings is 2. The van der Waals surface area contributed by atoms with Crippen LogP contribution >= 0.6 is 0 Å². The summed E-state index contributed by atoms with van der Waals surface area (Å²) in [5.74, 6) is 1.03. The molecule has 0 unspecified atom stereocenters. The topological polar surface area (TPSA) is 27.6 Å². The Bertz CT molecular complexity index is 820. The fraction of sp³-hybridized carbons (Fsp3) is 0.381. The number of nitrogens with one attached hydrogen (secondary N) is 1. The van der Waals surface area contributed by atoms with E-state index in [0.717, 1.165) is 38.4 Å². The van der Waals surface area contributed by atoms with Gasteiger partial charge in [0.05, 0.1) is 6.54 Å². The lowest BCUT2D eigenvalue weighted by atomic mass is 9.93. The first-order valence-corrected chi connectivity index (χ1v) is 8.92. The number of anilines is 1. The van der Waals surface area contributed by atoms with Gasteiger partial charge in [0, 0.05) is 18.8 Å². The first kappa shape index (κ1) is 15.3. The smallest absolute Gasteiger partial charge is 0.199 e. The fourth-order valence-corrected chi connectivity index (χ4v) is 3.82. The zero-order valence-electron chi connectivity index (χ0n) is 14.8. The van der Waals surface area contributed by atoms with E-state index in [9.17, 15) is 0 Å². The maximum atomic E-state index is 4.81. The molecular formula is C21H25N3. The molecule has 0 atom stereocenters. The molecule has 0 radical (unpaired) electrons. The predicted molar refractivity (Wildman–Crippen MR) is 101 cm³/mol. The van der Waals surface area contributed by atoms with E-state index >= 15 is 0 Å². The molecule has 124 valence electrons. The van der Waals surface area contributed by atoms with Crippen LogP contribution in [-0.2, 0) is 25.9 Å². The summed E-state index contributed by atoms with van der Waals surface area (Å²) in [4.78, 5) is 7.20. The molecule has 0 fully saturated rings. The molecule has 0 bridgehead atoms. The van der Waals surface area contributed by atoms with E-state index in [1.165, 1.54) is 33.5 Å². The summed E-state index contributed by atoms with van der Waals surface area (Å²) >= 11 is 0. The molecule has 0 saturated carbocycles. The number of hydrogen-bond acceptors (Lipinski definition) is 3. The molecule has 3 nitrogen and oxygen atoms in total. The molecular weight excluding hydrogens is 294 g/mol. The number of rotatable bonds is 1. The van der Waals surface area contributed by atoms with Gasteiger partial charge in [-0.2, -0.15) is 0 Å². The van der Waals surface area contributed by atoms with Gasteiger partial charge in [0.25, 0.3) is 0 Å². The number of hydrogen-bond donors (Lipinski definition) is 1. The Morgan fingerprint density at radius 3 is 2.79 bits per heavy atom. The number of fused-ring (bicyclic) bond motifs is 2. The van der Waals surface area contributed by atoms with Gasteiger partial charge < -0.3 is 10.2 Å². The molecule has 1 N–H and O–H groups in total. The van der Waals surface area contributed by atoms with Crippen molar-refractivity contribution in [2.45, 2.75) is 46.7 Å². The molecule has 2 aromatic rings. The molecule has 0 spiro atoms. The van der Waals surface area contributed by atoms with Crippen molar-refractivity contribution in [3.8, 4) is 0 Å². The Morgan fingerprint density at radius 2 is 1.96 bits per heavy atom. The highest BCUT2D eigenvalue weighted by molar-refractivity contribution is 5.96. The van der Waals surface area contributed by atoms with Crippen LogP contribution in [0, 0.1) is 13.8 Å². The van der Waals surface area contributed by atoms with Crippen LogP contribution in [-0.4, -0.2) is 17.4 Å². The van der Waals surface area contributed by atoms with Crippen molar-refractivity contribution in [1.29, 1.82) is 0 Å². The van der Waals surface area contributed by atoms with Crippen LogP contribution in [0.2, 0.25) is 0 Å². The minimum Gasteiger partial charge on any atom is -0.338 e. The summed E-state index contributed by atoms with van der Waals surface area (Å²) in [5.41, 5.74) is 9.70. The van der Waals surface area contributed by atoms with E-state index in [1.807, 2.05) is 0 Å². The summed E-state index contributed by atoms with van der Waals surface area (Å²) in [6.45, 7) is 9.35. The van der Waals surface area contributed by atoms with Crippen molar-refractivity contribution in [3.63, 3.8) is 0 Å². The maximum Gasteiger partial charge on any atom is 0.199 e. The Kier molecular flexibility index (Phi) is 3.79. The molecule has 0 aromatic heterocycles. The average molecular weight is 319 g/mol. The standard InChI is InChI=1S/C21H25N3/c1-4-16-6-5-7-17-13-24(9-8-19(16)17)21-22-12-18-10-14(2)15(3)11-20(18)23-21/h5-7,10-11H,4,8-9,12-13H2,1-3H3,(H,22,23). The lowest BCUT2D eigenvalue weighted by Crippen LogP contribution is -2.41. The van der Waals surface area contributed by atoms with Crippen LogP contribution in [0.1, 0.15) is 40.3 Å². The van der Waals surface area contributed by atoms with Crippen molar-refractivity contribution in [3.05, 3.63) is 63.7 Å². The van der Waals surface area contributed by atoms with Crippen molar-refractivity contribution in [2.75, 3.05) is 11.9 Å². The van der Waals surface area contributed by atoms with E-state index in [0.29, 0.717) is 0 Å². The third kappa shape index (κ3) is 2.58. The van der Waals surface area contributed by atoms with Gasteiger partial charge in [-0.1, -0.05) is 31.2 Å². The second-order valence-corrected chi connectivity index (χ2v) is 6.94. The van der Waals surface area contributed by atoms with E-state index in [1.54, 1.807) is 5.56 Å². The zero-order chi connectivity index (χ0) is 16.7. The van der Waals surface area contributed by atoms with Crippen molar-refractivity contribution >= 4 is 11.6 Å². The van der Waals surface area contributed by atoms with Crippen molar-refractivity contribution in [1.82, 2.24) is 4.90 Å². The Balaban J connectivity index is 1.58. The predicted octanol–water partition coefficient (Wildman–Crippen LogP) is 4.21. The molecule has 24 heavy (non-hydrogen) atoms. The van der Waals surface area contributed by atoms with E-state index in [-0.39, 0.29) is 0 Å². The van der Waals surface area contributed by atoms with Crippen LogP contribution in [0.5, 0.6) is 0 Å². The molecule has 3 heteroatoms. The number of aliphatic imine (C=N–C) groups is 1. The Morgan fingerprint density at radius 1 is 1.12 bits per heavy atom. The van der Waals surface area contributed by atoms with Crippen molar-refractivity contribution < 1.29 is 0 Å². The minimum atomic E-state index is 0.775. The van der Waals surface area contributed by atoms with Crippen LogP contribution in [0.15, 0.2) is 35.3 Å². The SMILES string of the molecule is CCc1cccc2c1CCN(C1=NCc3cc(C)c(C)cc3N1)C2. The van der Waals surface area contributed by atoms with Crippen LogP contribution < -0.4 is 5.32 Å². The van der Waals surface area contributed by atoms with Gasteiger partial charge in [-0.3, -0.25) is 0 Å². The molecule has 0 aliphatic carbocycles. The quantitative estimate of drug-likeness (QED) is 0.853. The van der Waals surface area contributed by atoms with Gasteiger partial charge in [-0.15, -0.1) is 0 Å². The van der Waals surface area contributed by atoms with Gasteiger partial charge >= 0.3 is 0 Å². The maximum absolute atomic E-state index is 4.81. The highest BCUT2D eigenvalue weighted by Gasteiger charge is 2.23. The lowest BCUT2D eigenvalue weighted by molar-refractivity contribution is 0.389. The second-order valence-electron chi connectivity index (χ2n) is 6.94. The number of guanidine groups is 1. The normalized spacial score (nSPS) is 16.1. The van der Waals surface area contributed by atoms with Gasteiger partial charge in [-0.05, 0) is 66.1 Å². The van der Waals surface area contributed by atoms with E-state index < -0.39 is 0 Å². The monoisotopic (exact) mass is 319 g/mol. The van der Waals surface area contributed by atoms with Crippen molar-refractivity contribution in [2.24, 2.45) is 4.99 Å². The zero-order valence-corrected chi connectivity index (χ0v) is 14.8. The van der Waals surface area contributed by atoms with Crippen LogP contribution in [0.25, 0.3) is 0 Å². The average Bonchev–Trinajstić information content (AvgIpc) is 2.61. The second kappa shape index (κ2) is 5.97. The molecule has 2 heterocycles. The Hall–Kier alpha value is -2.29. The third-order valence-electron chi connectivity index (χ3n) is 5.41. The molecule has 2 aliphatic rings. The van der Waals surface area contributed by atoms with E-state index in [4.69, 9.17) is 4.99 Å². The summed E-state index contributed by atoms with van der Waals surface area (Å²) in [5, 5.41) is 3.57. The summed E-state index contributed by atoms with van der Waals surface area (Å²) in [7, 11) is 0. The largest absolute Gasteiger partial charge is 0.338 e. The van der Waals surface area contributed by atoms with Crippen LogP contribution in [0.4, 0.5) is 5.69 Å². The van der Waals surface area contributed by atoms with E-state index in [2.05, 4.69) is 61.3 Å². The van der Waals surface area contributed by atoms with Crippen LogP contribution in [0.3, 0.4) is 0 Å². The van der Waals surface area contributed by atoms with Gasteiger partial charge in [-0.25, -0.2) is 4.99 Å². The van der Waals surface area contributed by atoms with Gasteiger partial charge in [0.1, 0.15) is 0 Å². The summed E-state index contributed by atoms with van der Waals surface area (Å²) in [6, 6.07) is 11.2. The highest BCUT2D eigenvalue weighted by Crippen LogP contribution is 2.28. The van der Waals surface area contributed by atoms with Gasteiger partial charge in [0.15, 0.2) is 5.96 Å². The first-order chi connectivity index (χ1) is 11.7. The lowest BCUT2D eigenvalue weighted by Gasteiger charge is -2.34. The third-order valence-corrected chi connectivity index (χ3v) is 5.41. The molecule has 0 amide bonds. The Labute approximate surface area is 144 Å². The number of aryl methyl sites for hydroxylation is 3. The summed E-state index contributed by atoms with van der Waals surface area (Å²) in [6.07, 6.45) is 2.23. The molecule has 0 saturated heterocycles. The highest BCUT2D eigenvalue weighted by atomic mass is 15.3. The number of nitrogens with zero attached hydrogens (tertiary/aromatic N) is 2.